The monoisotopic (exact) mass is 347 g/mol. The normalized spacial score (nSPS) is 17.0. The van der Waals surface area contributed by atoms with Crippen LogP contribution in [-0.4, -0.2) is 25.7 Å². The second kappa shape index (κ2) is 8.28. The smallest absolute Gasteiger partial charge is 0.278 e. The van der Waals surface area contributed by atoms with E-state index in [9.17, 15) is 9.18 Å². The van der Waals surface area contributed by atoms with Crippen LogP contribution in [0.4, 0.5) is 4.39 Å². The first-order valence-electron chi connectivity index (χ1n) is 7.75. The summed E-state index contributed by atoms with van der Waals surface area (Å²) >= 11 is 1.34. The number of rotatable bonds is 6. The van der Waals surface area contributed by atoms with Crippen molar-refractivity contribution in [2.45, 2.75) is 16.2 Å². The van der Waals surface area contributed by atoms with Gasteiger partial charge in [0.15, 0.2) is 0 Å². The van der Waals surface area contributed by atoms with Gasteiger partial charge < -0.3 is 4.74 Å². The molecule has 1 unspecified atom stereocenters. The van der Waals surface area contributed by atoms with Crippen LogP contribution in [-0.2, 0) is 9.57 Å². The molecule has 3 rings (SSSR count). The molecule has 1 fully saturated rings. The Hall–Kier alpha value is -1.89. The second-order valence-corrected chi connectivity index (χ2v) is 6.62. The van der Waals surface area contributed by atoms with E-state index in [0.717, 1.165) is 11.3 Å². The maximum absolute atomic E-state index is 14.2. The highest BCUT2D eigenvalue weighted by Gasteiger charge is 2.20. The van der Waals surface area contributed by atoms with Crippen LogP contribution in [0.1, 0.15) is 16.8 Å². The van der Waals surface area contributed by atoms with Crippen molar-refractivity contribution in [2.24, 2.45) is 5.92 Å². The molecule has 0 bridgehead atoms. The number of carbonyl (C=O) groups excluding carboxylic acids is 1. The predicted molar refractivity (Wildman–Crippen MR) is 89.3 cm³/mol. The van der Waals surface area contributed by atoms with Gasteiger partial charge in [-0.05, 0) is 30.7 Å². The van der Waals surface area contributed by atoms with E-state index in [-0.39, 0.29) is 11.5 Å². The predicted octanol–water partition coefficient (Wildman–Crippen LogP) is 3.67. The van der Waals surface area contributed by atoms with E-state index in [1.807, 2.05) is 30.3 Å². The largest absolute Gasteiger partial charge is 0.381 e. The van der Waals surface area contributed by atoms with Gasteiger partial charge in [0.1, 0.15) is 5.82 Å². The molecule has 1 saturated heterocycles. The Bertz CT molecular complexity index is 690. The topological polar surface area (TPSA) is 47.6 Å². The summed E-state index contributed by atoms with van der Waals surface area (Å²) in [4.78, 5) is 19.0. The first-order chi connectivity index (χ1) is 11.7. The molecule has 1 atom stereocenters. The molecular weight excluding hydrogens is 329 g/mol. The van der Waals surface area contributed by atoms with Gasteiger partial charge in [-0.2, -0.15) is 0 Å². The maximum atomic E-state index is 14.2. The maximum Gasteiger partial charge on any atom is 0.278 e. The van der Waals surface area contributed by atoms with Crippen molar-refractivity contribution in [2.75, 3.05) is 19.8 Å². The molecule has 0 aromatic heterocycles. The number of hydrogen-bond acceptors (Lipinski definition) is 4. The number of hydrogen-bond donors (Lipinski definition) is 1. The number of nitrogens with one attached hydrogen (secondary N) is 1. The Morgan fingerprint density at radius 2 is 2.08 bits per heavy atom. The SMILES string of the molecule is O=C(NOCC1CCOC1)c1c(F)cccc1Sc1ccccc1. The summed E-state index contributed by atoms with van der Waals surface area (Å²) in [5, 5.41) is 0. The zero-order valence-corrected chi connectivity index (χ0v) is 13.9. The fourth-order valence-corrected chi connectivity index (χ4v) is 3.40. The van der Waals surface area contributed by atoms with Crippen molar-refractivity contribution >= 4 is 17.7 Å². The molecule has 2 aromatic carbocycles. The molecule has 1 heterocycles. The van der Waals surface area contributed by atoms with Crippen molar-refractivity contribution < 1.29 is 18.8 Å². The van der Waals surface area contributed by atoms with Crippen molar-refractivity contribution in [1.29, 1.82) is 0 Å². The van der Waals surface area contributed by atoms with Gasteiger partial charge in [0.05, 0.1) is 18.8 Å². The van der Waals surface area contributed by atoms with Crippen molar-refractivity contribution in [1.82, 2.24) is 5.48 Å². The van der Waals surface area contributed by atoms with Crippen LogP contribution in [0, 0.1) is 11.7 Å². The van der Waals surface area contributed by atoms with Crippen LogP contribution in [0.5, 0.6) is 0 Å². The van der Waals surface area contributed by atoms with Crippen LogP contribution in [0.2, 0.25) is 0 Å². The van der Waals surface area contributed by atoms with Gasteiger partial charge in [0.2, 0.25) is 0 Å². The van der Waals surface area contributed by atoms with E-state index in [4.69, 9.17) is 9.57 Å². The third-order valence-electron chi connectivity index (χ3n) is 3.68. The van der Waals surface area contributed by atoms with Gasteiger partial charge in [-0.15, -0.1) is 0 Å². The van der Waals surface area contributed by atoms with Gasteiger partial charge in [-0.1, -0.05) is 36.0 Å². The highest BCUT2D eigenvalue weighted by molar-refractivity contribution is 7.99. The van der Waals surface area contributed by atoms with E-state index < -0.39 is 11.7 Å². The lowest BCUT2D eigenvalue weighted by atomic mass is 10.1. The minimum atomic E-state index is -0.578. The van der Waals surface area contributed by atoms with Gasteiger partial charge >= 0.3 is 0 Å². The Balaban J connectivity index is 1.67. The van der Waals surface area contributed by atoms with Gasteiger partial charge in [0, 0.05) is 22.3 Å². The molecule has 0 aliphatic carbocycles. The van der Waals surface area contributed by atoms with Crippen LogP contribution < -0.4 is 5.48 Å². The summed E-state index contributed by atoms with van der Waals surface area (Å²) in [6.07, 6.45) is 0.907. The summed E-state index contributed by atoms with van der Waals surface area (Å²) < 4.78 is 19.4. The number of amides is 1. The molecule has 1 aliphatic heterocycles. The molecule has 0 saturated carbocycles. The Labute approximate surface area is 144 Å². The van der Waals surface area contributed by atoms with Crippen LogP contribution in [0.25, 0.3) is 0 Å². The lowest BCUT2D eigenvalue weighted by Crippen LogP contribution is -2.28. The van der Waals surface area contributed by atoms with Gasteiger partial charge in [-0.25, -0.2) is 9.87 Å². The minimum absolute atomic E-state index is 0.00553. The molecule has 4 nitrogen and oxygen atoms in total. The number of benzene rings is 2. The fourth-order valence-electron chi connectivity index (χ4n) is 2.42. The number of carbonyl (C=O) groups is 1. The second-order valence-electron chi connectivity index (χ2n) is 5.50. The lowest BCUT2D eigenvalue weighted by Gasteiger charge is -2.12. The van der Waals surface area contributed by atoms with E-state index in [1.54, 1.807) is 12.1 Å². The van der Waals surface area contributed by atoms with E-state index in [2.05, 4.69) is 5.48 Å². The molecule has 2 aromatic rings. The van der Waals surface area contributed by atoms with E-state index >= 15 is 0 Å². The molecule has 1 amide bonds. The van der Waals surface area contributed by atoms with E-state index in [1.165, 1.54) is 17.8 Å². The highest BCUT2D eigenvalue weighted by atomic mass is 32.2. The van der Waals surface area contributed by atoms with Gasteiger partial charge in [0.25, 0.3) is 5.91 Å². The minimum Gasteiger partial charge on any atom is -0.381 e. The number of halogens is 1. The van der Waals surface area contributed by atoms with Crippen molar-refractivity contribution in [3.05, 3.63) is 59.9 Å². The molecule has 6 heteroatoms. The van der Waals surface area contributed by atoms with Gasteiger partial charge in [-0.3, -0.25) is 9.63 Å². The van der Waals surface area contributed by atoms with Crippen LogP contribution in [0.15, 0.2) is 58.3 Å². The third-order valence-corrected chi connectivity index (χ3v) is 4.75. The standard InChI is InChI=1S/C18H18FNO3S/c19-15-7-4-8-16(24-14-5-2-1-3-6-14)17(15)18(21)20-23-12-13-9-10-22-11-13/h1-8,13H,9-12H2,(H,20,21). The summed E-state index contributed by atoms with van der Waals surface area (Å²) in [7, 11) is 0. The van der Waals surface area contributed by atoms with E-state index in [0.29, 0.717) is 24.7 Å². The molecule has 0 radical (unpaired) electrons. The first-order valence-corrected chi connectivity index (χ1v) is 8.57. The highest BCUT2D eigenvalue weighted by Crippen LogP contribution is 2.31. The Morgan fingerprint density at radius 3 is 2.83 bits per heavy atom. The molecule has 24 heavy (non-hydrogen) atoms. The fraction of sp³-hybridized carbons (Fsp3) is 0.278. The molecule has 0 spiro atoms. The Morgan fingerprint density at radius 1 is 1.25 bits per heavy atom. The molecule has 1 aliphatic rings. The van der Waals surface area contributed by atoms with Crippen molar-refractivity contribution in [3.8, 4) is 0 Å². The van der Waals surface area contributed by atoms with Crippen LogP contribution in [0.3, 0.4) is 0 Å². The third kappa shape index (κ3) is 4.35. The average Bonchev–Trinajstić information content (AvgIpc) is 3.09. The summed E-state index contributed by atoms with van der Waals surface area (Å²) in [6.45, 7) is 1.71. The molecule has 1 N–H and O–H groups in total. The molecular formula is C18H18FNO3S. The summed E-state index contributed by atoms with van der Waals surface area (Å²) in [6, 6.07) is 14.1. The van der Waals surface area contributed by atoms with Crippen LogP contribution >= 0.6 is 11.8 Å². The zero-order valence-electron chi connectivity index (χ0n) is 13.0. The van der Waals surface area contributed by atoms with Crippen molar-refractivity contribution in [3.63, 3.8) is 0 Å². The summed E-state index contributed by atoms with van der Waals surface area (Å²) in [5.41, 5.74) is 2.34. The number of ether oxygens (including phenoxy) is 1. The molecule has 126 valence electrons. The first kappa shape index (κ1) is 17.0. The Kier molecular flexibility index (Phi) is 5.85. The average molecular weight is 347 g/mol. The lowest BCUT2D eigenvalue weighted by molar-refractivity contribution is 0.0140. The summed E-state index contributed by atoms with van der Waals surface area (Å²) in [5.74, 6) is -0.879. The zero-order chi connectivity index (χ0) is 16.8. The number of hydroxylamine groups is 1. The quantitative estimate of drug-likeness (QED) is 0.810.